The fourth-order valence-corrected chi connectivity index (χ4v) is 4.88. The molecule has 2 aliphatic carbocycles. The number of aliphatic carboxylic acids is 1. The number of carboxylic acid groups (broad SMARTS) is 1. The minimum Gasteiger partial charge on any atom is -0.481 e. The SMILES string of the molecule is CCC(CNC(=O)CC(NC(=O)OCC1c2ccccc2-c2ccccc21)C1CCC1)C(=O)O. The van der Waals surface area contributed by atoms with Crippen molar-refractivity contribution in [1.82, 2.24) is 10.6 Å². The van der Waals surface area contributed by atoms with Crippen molar-refractivity contribution < 1.29 is 24.2 Å². The third-order valence-corrected chi connectivity index (χ3v) is 7.16. The Balaban J connectivity index is 1.34. The number of ether oxygens (including phenoxy) is 1. The molecule has 0 radical (unpaired) electrons. The van der Waals surface area contributed by atoms with Gasteiger partial charge in [-0.25, -0.2) is 4.79 Å². The number of carbonyl (C=O) groups is 3. The van der Waals surface area contributed by atoms with E-state index in [0.29, 0.717) is 6.42 Å². The van der Waals surface area contributed by atoms with Crippen molar-refractivity contribution in [2.45, 2.75) is 51.0 Å². The van der Waals surface area contributed by atoms with Gasteiger partial charge >= 0.3 is 12.1 Å². The highest BCUT2D eigenvalue weighted by Gasteiger charge is 2.32. The quantitative estimate of drug-likeness (QED) is 0.486. The van der Waals surface area contributed by atoms with Gasteiger partial charge in [0.1, 0.15) is 6.61 Å². The highest BCUT2D eigenvalue weighted by Crippen LogP contribution is 2.44. The summed E-state index contributed by atoms with van der Waals surface area (Å²) in [4.78, 5) is 36.4. The average molecular weight is 465 g/mol. The van der Waals surface area contributed by atoms with Crippen LogP contribution in [0.3, 0.4) is 0 Å². The van der Waals surface area contributed by atoms with E-state index in [1.165, 1.54) is 11.1 Å². The fourth-order valence-electron chi connectivity index (χ4n) is 4.88. The summed E-state index contributed by atoms with van der Waals surface area (Å²) >= 11 is 0. The predicted octanol–water partition coefficient (Wildman–Crippen LogP) is 4.31. The molecular formula is C27H32N2O5. The van der Waals surface area contributed by atoms with E-state index in [4.69, 9.17) is 9.84 Å². The minimum absolute atomic E-state index is 0.0226. The molecule has 4 rings (SSSR count). The summed E-state index contributed by atoms with van der Waals surface area (Å²) in [5, 5.41) is 14.8. The van der Waals surface area contributed by atoms with Crippen LogP contribution in [0, 0.1) is 11.8 Å². The number of hydrogen-bond acceptors (Lipinski definition) is 4. The Morgan fingerprint density at radius 1 is 1.03 bits per heavy atom. The van der Waals surface area contributed by atoms with Gasteiger partial charge in [-0.3, -0.25) is 9.59 Å². The van der Waals surface area contributed by atoms with Crippen LogP contribution in [0.1, 0.15) is 56.1 Å². The fraction of sp³-hybridized carbons (Fsp3) is 0.444. The van der Waals surface area contributed by atoms with Crippen LogP contribution in [0.25, 0.3) is 11.1 Å². The number of carbonyl (C=O) groups excluding carboxylic acids is 2. The molecule has 2 aromatic carbocycles. The van der Waals surface area contributed by atoms with Crippen molar-refractivity contribution in [3.05, 3.63) is 59.7 Å². The lowest BCUT2D eigenvalue weighted by Gasteiger charge is -2.33. The molecule has 180 valence electrons. The van der Waals surface area contributed by atoms with Gasteiger partial charge in [0, 0.05) is 24.9 Å². The molecule has 3 N–H and O–H groups in total. The van der Waals surface area contributed by atoms with Gasteiger partial charge in [-0.1, -0.05) is 61.9 Å². The molecule has 7 nitrogen and oxygen atoms in total. The van der Waals surface area contributed by atoms with E-state index in [1.807, 2.05) is 24.3 Å². The second kappa shape index (κ2) is 10.7. The third-order valence-electron chi connectivity index (χ3n) is 7.16. The van der Waals surface area contributed by atoms with E-state index in [9.17, 15) is 14.4 Å². The van der Waals surface area contributed by atoms with Gasteiger partial charge in [0.15, 0.2) is 0 Å². The maximum absolute atomic E-state index is 12.7. The summed E-state index contributed by atoms with van der Waals surface area (Å²) < 4.78 is 5.66. The van der Waals surface area contributed by atoms with Crippen LogP contribution in [0.2, 0.25) is 0 Å². The maximum atomic E-state index is 12.7. The van der Waals surface area contributed by atoms with Crippen molar-refractivity contribution in [2.75, 3.05) is 13.2 Å². The van der Waals surface area contributed by atoms with E-state index in [1.54, 1.807) is 6.92 Å². The van der Waals surface area contributed by atoms with E-state index in [2.05, 4.69) is 34.9 Å². The van der Waals surface area contributed by atoms with Crippen molar-refractivity contribution in [3.8, 4) is 11.1 Å². The average Bonchev–Trinajstić information content (AvgIpc) is 3.10. The van der Waals surface area contributed by atoms with Crippen LogP contribution < -0.4 is 10.6 Å². The number of carboxylic acids is 1. The minimum atomic E-state index is -0.921. The highest BCUT2D eigenvalue weighted by atomic mass is 16.5. The number of alkyl carbamates (subject to hydrolysis) is 1. The summed E-state index contributed by atoms with van der Waals surface area (Å²) in [5.41, 5.74) is 4.64. The van der Waals surface area contributed by atoms with E-state index in [-0.39, 0.29) is 43.4 Å². The van der Waals surface area contributed by atoms with Gasteiger partial charge in [0.2, 0.25) is 5.91 Å². The molecule has 2 amide bonds. The van der Waals surface area contributed by atoms with E-state index in [0.717, 1.165) is 30.4 Å². The number of rotatable bonds is 10. The zero-order chi connectivity index (χ0) is 24.1. The summed E-state index contributed by atoms with van der Waals surface area (Å²) in [7, 11) is 0. The molecule has 0 spiro atoms. The third kappa shape index (κ3) is 5.24. The topological polar surface area (TPSA) is 105 Å². The van der Waals surface area contributed by atoms with Gasteiger partial charge in [-0.15, -0.1) is 0 Å². The van der Waals surface area contributed by atoms with E-state index < -0.39 is 18.0 Å². The first-order valence-corrected chi connectivity index (χ1v) is 12.1. The van der Waals surface area contributed by atoms with Crippen molar-refractivity contribution in [2.24, 2.45) is 11.8 Å². The van der Waals surface area contributed by atoms with Crippen LogP contribution in [0.15, 0.2) is 48.5 Å². The lowest BCUT2D eigenvalue weighted by atomic mass is 9.78. The number of nitrogens with one attached hydrogen (secondary N) is 2. The molecule has 7 heteroatoms. The molecule has 0 heterocycles. The lowest BCUT2D eigenvalue weighted by molar-refractivity contribution is -0.141. The standard InChI is InChI=1S/C27H32N2O5/c1-2-17(26(31)32)15-28-25(30)14-24(18-8-7-9-18)29-27(33)34-16-23-21-12-5-3-10-19(21)20-11-4-6-13-22(20)23/h3-6,10-13,17-18,23-24H,2,7-9,14-16H2,1H3,(H,28,30)(H,29,33)(H,31,32). The van der Waals surface area contributed by atoms with Crippen LogP contribution in [-0.4, -0.2) is 42.3 Å². The van der Waals surface area contributed by atoms with Gasteiger partial charge in [0.05, 0.1) is 5.92 Å². The van der Waals surface area contributed by atoms with Crippen molar-refractivity contribution in [3.63, 3.8) is 0 Å². The molecule has 2 atom stereocenters. The largest absolute Gasteiger partial charge is 0.481 e. The Hall–Kier alpha value is -3.35. The van der Waals surface area contributed by atoms with Crippen LogP contribution in [0.5, 0.6) is 0 Å². The highest BCUT2D eigenvalue weighted by molar-refractivity contribution is 5.80. The van der Waals surface area contributed by atoms with Gasteiger partial charge < -0.3 is 20.5 Å². The normalized spacial score (nSPS) is 16.5. The first kappa shape index (κ1) is 23.8. The van der Waals surface area contributed by atoms with Crippen molar-refractivity contribution in [1.29, 1.82) is 0 Å². The predicted molar refractivity (Wildman–Crippen MR) is 128 cm³/mol. The number of fused-ring (bicyclic) bond motifs is 3. The van der Waals surface area contributed by atoms with Crippen LogP contribution in [0.4, 0.5) is 4.79 Å². The number of hydrogen-bond donors (Lipinski definition) is 3. The molecule has 2 unspecified atom stereocenters. The lowest BCUT2D eigenvalue weighted by Crippen LogP contribution is -2.46. The van der Waals surface area contributed by atoms with Gasteiger partial charge in [0.25, 0.3) is 0 Å². The molecule has 1 saturated carbocycles. The Morgan fingerprint density at radius 3 is 2.18 bits per heavy atom. The number of benzene rings is 2. The monoisotopic (exact) mass is 464 g/mol. The van der Waals surface area contributed by atoms with Gasteiger partial charge in [-0.05, 0) is 47.4 Å². The molecule has 0 bridgehead atoms. The zero-order valence-corrected chi connectivity index (χ0v) is 19.5. The summed E-state index contributed by atoms with van der Waals surface area (Å²) in [6.45, 7) is 2.09. The summed E-state index contributed by atoms with van der Waals surface area (Å²) in [6.07, 6.45) is 3.02. The molecule has 2 aromatic rings. The zero-order valence-electron chi connectivity index (χ0n) is 19.5. The Bertz CT molecular complexity index is 1000. The van der Waals surface area contributed by atoms with Crippen molar-refractivity contribution >= 4 is 18.0 Å². The Labute approximate surface area is 199 Å². The summed E-state index contributed by atoms with van der Waals surface area (Å²) in [6, 6.07) is 16.0. The first-order valence-electron chi connectivity index (χ1n) is 12.1. The van der Waals surface area contributed by atoms with E-state index >= 15 is 0 Å². The Morgan fingerprint density at radius 2 is 1.65 bits per heavy atom. The maximum Gasteiger partial charge on any atom is 0.407 e. The molecule has 34 heavy (non-hydrogen) atoms. The number of amides is 2. The summed E-state index contributed by atoms with van der Waals surface area (Å²) in [5.74, 6) is -1.58. The molecular weight excluding hydrogens is 432 g/mol. The molecule has 0 aromatic heterocycles. The molecule has 1 fully saturated rings. The Kier molecular flexibility index (Phi) is 7.50. The smallest absolute Gasteiger partial charge is 0.407 e. The van der Waals surface area contributed by atoms with Crippen LogP contribution >= 0.6 is 0 Å². The second-order valence-corrected chi connectivity index (χ2v) is 9.22. The first-order chi connectivity index (χ1) is 16.5. The molecule has 0 saturated heterocycles. The van der Waals surface area contributed by atoms with Crippen LogP contribution in [-0.2, 0) is 14.3 Å². The second-order valence-electron chi connectivity index (χ2n) is 9.22. The van der Waals surface area contributed by atoms with Gasteiger partial charge in [-0.2, -0.15) is 0 Å². The molecule has 2 aliphatic rings. The molecule has 0 aliphatic heterocycles.